The van der Waals surface area contributed by atoms with Gasteiger partial charge in [-0.3, -0.25) is 0 Å². The van der Waals surface area contributed by atoms with E-state index in [0.29, 0.717) is 0 Å². The summed E-state index contributed by atoms with van der Waals surface area (Å²) in [6.07, 6.45) is 3.87. The van der Waals surface area contributed by atoms with Crippen molar-refractivity contribution in [2.75, 3.05) is 5.73 Å². The highest BCUT2D eigenvalue weighted by atomic mass is 14.5. The van der Waals surface area contributed by atoms with Gasteiger partial charge in [-0.15, -0.1) is 0 Å². The van der Waals surface area contributed by atoms with Gasteiger partial charge >= 0.3 is 0 Å². The number of anilines is 1. The molecule has 0 bridgehead atoms. The number of rotatable bonds is 2. The molecule has 0 aromatic heterocycles. The number of hydrogen-bond donors (Lipinski definition) is 1. The molecule has 1 aromatic carbocycles. The lowest BCUT2D eigenvalue weighted by Crippen LogP contribution is -1.85. The molecule has 0 fully saturated rings. The summed E-state index contributed by atoms with van der Waals surface area (Å²) in [6.45, 7) is 5.72. The molecule has 62 valence electrons. The van der Waals surface area contributed by atoms with Crippen molar-refractivity contribution >= 4 is 11.3 Å². The van der Waals surface area contributed by atoms with Crippen molar-refractivity contribution in [1.29, 1.82) is 0 Å². The van der Waals surface area contributed by atoms with Gasteiger partial charge in [0.1, 0.15) is 0 Å². The van der Waals surface area contributed by atoms with Gasteiger partial charge in [0.2, 0.25) is 0 Å². The van der Waals surface area contributed by atoms with E-state index < -0.39 is 0 Å². The molecule has 1 heteroatoms. The quantitative estimate of drug-likeness (QED) is 0.521. The molecule has 2 N–H and O–H groups in total. The Morgan fingerprint density at radius 2 is 1.92 bits per heavy atom. The highest BCUT2D eigenvalue weighted by Crippen LogP contribution is 2.16. The Morgan fingerprint density at radius 1 is 1.33 bits per heavy atom. The zero-order valence-corrected chi connectivity index (χ0v) is 7.25. The third-order valence-electron chi connectivity index (χ3n) is 1.77. The van der Waals surface area contributed by atoms with Crippen LogP contribution in [0.4, 0.5) is 5.69 Å². The topological polar surface area (TPSA) is 26.0 Å². The molecular weight excluding hydrogens is 146 g/mol. The molecule has 0 radical (unpaired) electrons. The van der Waals surface area contributed by atoms with E-state index in [0.717, 1.165) is 16.8 Å². The first-order valence-corrected chi connectivity index (χ1v) is 3.92. The van der Waals surface area contributed by atoms with E-state index in [1.165, 1.54) is 0 Å². The zero-order chi connectivity index (χ0) is 8.97. The molecule has 0 heterocycles. The monoisotopic (exact) mass is 159 g/mol. The molecule has 0 unspecified atom stereocenters. The third-order valence-corrected chi connectivity index (χ3v) is 1.77. The fraction of sp³-hybridized carbons (Fsp3) is 0.0909. The second-order valence-electron chi connectivity index (χ2n) is 2.57. The van der Waals surface area contributed by atoms with Crippen molar-refractivity contribution in [2.24, 2.45) is 0 Å². The molecule has 1 rings (SSSR count). The molecule has 0 spiro atoms. The van der Waals surface area contributed by atoms with Crippen molar-refractivity contribution in [3.05, 3.63) is 48.6 Å². The molecule has 1 aromatic rings. The van der Waals surface area contributed by atoms with Crippen molar-refractivity contribution in [3.8, 4) is 0 Å². The van der Waals surface area contributed by atoms with Crippen molar-refractivity contribution < 1.29 is 0 Å². The second-order valence-corrected chi connectivity index (χ2v) is 2.57. The maximum Gasteiger partial charge on any atom is 0.0314 e. The van der Waals surface area contributed by atoms with Crippen molar-refractivity contribution in [3.63, 3.8) is 0 Å². The lowest BCUT2D eigenvalue weighted by atomic mass is 10.1. The molecule has 0 aliphatic rings. The molecule has 0 aliphatic carbocycles. The first-order chi connectivity index (χ1) is 5.77. The Hall–Kier alpha value is -1.50. The summed E-state index contributed by atoms with van der Waals surface area (Å²) < 4.78 is 0. The average molecular weight is 159 g/mol. The van der Waals surface area contributed by atoms with Crippen molar-refractivity contribution in [1.82, 2.24) is 0 Å². The largest absolute Gasteiger partial charge is 0.399 e. The molecule has 0 saturated carbocycles. The number of nitrogen functional groups attached to an aromatic ring is 1. The summed E-state index contributed by atoms with van der Waals surface area (Å²) in [5.41, 5.74) is 8.64. The van der Waals surface area contributed by atoms with Crippen LogP contribution in [0.15, 0.2) is 43.0 Å². The van der Waals surface area contributed by atoms with E-state index in [1.807, 2.05) is 43.3 Å². The first kappa shape index (κ1) is 8.60. The van der Waals surface area contributed by atoms with Crippen molar-refractivity contribution in [2.45, 2.75) is 6.92 Å². The number of nitrogens with two attached hydrogens (primary N) is 1. The van der Waals surface area contributed by atoms with Gasteiger partial charge < -0.3 is 5.73 Å². The SMILES string of the molecule is C=C/C(=C\C)c1ccc(N)cc1. The van der Waals surface area contributed by atoms with Crippen LogP contribution in [0.3, 0.4) is 0 Å². The Labute approximate surface area is 73.2 Å². The number of hydrogen-bond acceptors (Lipinski definition) is 1. The Kier molecular flexibility index (Phi) is 2.70. The summed E-state index contributed by atoms with van der Waals surface area (Å²) in [7, 11) is 0. The minimum atomic E-state index is 0.790. The maximum absolute atomic E-state index is 5.56. The highest BCUT2D eigenvalue weighted by Gasteiger charge is 1.93. The van der Waals surface area contributed by atoms with Gasteiger partial charge in [0.05, 0.1) is 0 Å². The Bertz CT molecular complexity index is 293. The van der Waals surface area contributed by atoms with Gasteiger partial charge in [0, 0.05) is 5.69 Å². The molecule has 0 saturated heterocycles. The highest BCUT2D eigenvalue weighted by molar-refractivity contribution is 5.73. The fourth-order valence-electron chi connectivity index (χ4n) is 1.08. The normalized spacial score (nSPS) is 11.2. The smallest absolute Gasteiger partial charge is 0.0314 e. The Balaban J connectivity index is 3.04. The molecular formula is C11H13N. The van der Waals surface area contributed by atoms with Gasteiger partial charge in [0.15, 0.2) is 0 Å². The summed E-state index contributed by atoms with van der Waals surface area (Å²) >= 11 is 0. The summed E-state index contributed by atoms with van der Waals surface area (Å²) in [5.74, 6) is 0. The van der Waals surface area contributed by atoms with E-state index in [-0.39, 0.29) is 0 Å². The van der Waals surface area contributed by atoms with Crippen LogP contribution in [0, 0.1) is 0 Å². The second kappa shape index (κ2) is 3.77. The first-order valence-electron chi connectivity index (χ1n) is 3.92. The van der Waals surface area contributed by atoms with Gasteiger partial charge in [-0.2, -0.15) is 0 Å². The van der Waals surface area contributed by atoms with Crippen LogP contribution in [-0.2, 0) is 0 Å². The van der Waals surface area contributed by atoms with Crippen LogP contribution in [0.1, 0.15) is 12.5 Å². The predicted octanol–water partition coefficient (Wildman–Crippen LogP) is 2.86. The lowest BCUT2D eigenvalue weighted by molar-refractivity contribution is 1.59. The molecule has 0 aliphatic heterocycles. The number of allylic oxidation sites excluding steroid dienone is 3. The predicted molar refractivity (Wildman–Crippen MR) is 54.7 cm³/mol. The van der Waals surface area contributed by atoms with Crippen LogP contribution in [0.2, 0.25) is 0 Å². The van der Waals surface area contributed by atoms with Gasteiger partial charge in [-0.05, 0) is 30.2 Å². The van der Waals surface area contributed by atoms with E-state index in [1.54, 1.807) is 0 Å². The van der Waals surface area contributed by atoms with E-state index in [9.17, 15) is 0 Å². The van der Waals surface area contributed by atoms with Crippen LogP contribution >= 0.6 is 0 Å². The standard InChI is InChI=1S/C11H13N/c1-3-9(4-2)10-5-7-11(12)8-6-10/h3-8H,1,12H2,2H3/b9-4+. The van der Waals surface area contributed by atoms with Crippen LogP contribution in [0.25, 0.3) is 5.57 Å². The summed E-state index contributed by atoms with van der Waals surface area (Å²) in [4.78, 5) is 0. The van der Waals surface area contributed by atoms with Crippen LogP contribution < -0.4 is 5.73 Å². The van der Waals surface area contributed by atoms with Gasteiger partial charge in [-0.1, -0.05) is 30.9 Å². The average Bonchev–Trinajstić information content (AvgIpc) is 2.10. The van der Waals surface area contributed by atoms with E-state index in [2.05, 4.69) is 6.58 Å². The van der Waals surface area contributed by atoms with Gasteiger partial charge in [0.25, 0.3) is 0 Å². The third kappa shape index (κ3) is 1.76. The minimum Gasteiger partial charge on any atom is -0.399 e. The van der Waals surface area contributed by atoms with E-state index >= 15 is 0 Å². The maximum atomic E-state index is 5.56. The van der Waals surface area contributed by atoms with Crippen LogP contribution in [-0.4, -0.2) is 0 Å². The fourth-order valence-corrected chi connectivity index (χ4v) is 1.08. The number of benzene rings is 1. The zero-order valence-electron chi connectivity index (χ0n) is 7.25. The van der Waals surface area contributed by atoms with Crippen LogP contribution in [0.5, 0.6) is 0 Å². The van der Waals surface area contributed by atoms with Gasteiger partial charge in [-0.25, -0.2) is 0 Å². The molecule has 12 heavy (non-hydrogen) atoms. The summed E-state index contributed by atoms with van der Waals surface area (Å²) in [6, 6.07) is 7.77. The molecule has 0 atom stereocenters. The summed E-state index contributed by atoms with van der Waals surface area (Å²) in [5, 5.41) is 0. The lowest BCUT2D eigenvalue weighted by Gasteiger charge is -2.01. The molecule has 0 amide bonds. The Morgan fingerprint density at radius 3 is 2.33 bits per heavy atom. The minimum absolute atomic E-state index is 0.790. The molecule has 1 nitrogen and oxygen atoms in total. The van der Waals surface area contributed by atoms with E-state index in [4.69, 9.17) is 5.73 Å².